The first-order chi connectivity index (χ1) is 10.2. The lowest BCUT2D eigenvalue weighted by Crippen LogP contribution is -2.34. The topological polar surface area (TPSA) is 87.4 Å². The SMILES string of the molecule is CC(=O)N1CCCN(c2nc(NN)nc3sccc23)CC1. The molecule has 0 saturated carbocycles. The van der Waals surface area contributed by atoms with Gasteiger partial charge in [0.15, 0.2) is 0 Å². The zero-order valence-corrected chi connectivity index (χ0v) is 12.7. The van der Waals surface area contributed by atoms with Gasteiger partial charge in [0, 0.05) is 33.1 Å². The molecule has 112 valence electrons. The molecular weight excluding hydrogens is 288 g/mol. The zero-order valence-electron chi connectivity index (χ0n) is 11.9. The van der Waals surface area contributed by atoms with Crippen molar-refractivity contribution in [3.05, 3.63) is 11.4 Å². The van der Waals surface area contributed by atoms with E-state index in [4.69, 9.17) is 5.84 Å². The Kier molecular flexibility index (Phi) is 3.89. The van der Waals surface area contributed by atoms with Crippen LogP contribution in [0.2, 0.25) is 0 Å². The molecular formula is C13H18N6OS. The first-order valence-electron chi connectivity index (χ1n) is 6.91. The highest BCUT2D eigenvalue weighted by Gasteiger charge is 2.20. The average Bonchev–Trinajstić information content (AvgIpc) is 2.81. The Labute approximate surface area is 126 Å². The molecule has 0 aromatic carbocycles. The maximum atomic E-state index is 11.5. The summed E-state index contributed by atoms with van der Waals surface area (Å²) in [5, 5.41) is 3.04. The molecule has 1 fully saturated rings. The number of nitrogen functional groups attached to an aromatic ring is 1. The summed E-state index contributed by atoms with van der Waals surface area (Å²) in [6.07, 6.45) is 0.931. The largest absolute Gasteiger partial charge is 0.354 e. The summed E-state index contributed by atoms with van der Waals surface area (Å²) in [4.78, 5) is 25.4. The van der Waals surface area contributed by atoms with Crippen molar-refractivity contribution in [1.82, 2.24) is 14.9 Å². The monoisotopic (exact) mass is 306 g/mol. The Morgan fingerprint density at radius 1 is 1.33 bits per heavy atom. The molecule has 3 heterocycles. The summed E-state index contributed by atoms with van der Waals surface area (Å²) in [6.45, 7) is 4.78. The number of fused-ring (bicyclic) bond motifs is 1. The highest BCUT2D eigenvalue weighted by molar-refractivity contribution is 7.16. The number of rotatable bonds is 2. The van der Waals surface area contributed by atoms with Crippen LogP contribution in [0.5, 0.6) is 0 Å². The van der Waals surface area contributed by atoms with E-state index in [9.17, 15) is 4.79 Å². The Balaban J connectivity index is 1.92. The molecule has 2 aromatic heterocycles. The van der Waals surface area contributed by atoms with Gasteiger partial charge in [0.1, 0.15) is 10.6 Å². The van der Waals surface area contributed by atoms with Crippen LogP contribution in [0.3, 0.4) is 0 Å². The summed E-state index contributed by atoms with van der Waals surface area (Å²) in [6, 6.07) is 2.03. The highest BCUT2D eigenvalue weighted by Crippen LogP contribution is 2.29. The van der Waals surface area contributed by atoms with Gasteiger partial charge in [-0.05, 0) is 17.9 Å². The first-order valence-corrected chi connectivity index (χ1v) is 7.79. The van der Waals surface area contributed by atoms with Gasteiger partial charge in [-0.25, -0.2) is 10.8 Å². The van der Waals surface area contributed by atoms with Gasteiger partial charge in [-0.2, -0.15) is 4.98 Å². The maximum absolute atomic E-state index is 11.5. The number of anilines is 2. The van der Waals surface area contributed by atoms with Gasteiger partial charge < -0.3 is 9.80 Å². The molecule has 1 amide bonds. The standard InChI is InChI=1S/C13H18N6OS/c1-9(20)18-4-2-5-19(7-6-18)11-10-3-8-21-12(10)16-13(15-11)17-14/h3,8H,2,4-7,14H2,1H3,(H,15,16,17). The van der Waals surface area contributed by atoms with Crippen molar-refractivity contribution < 1.29 is 4.79 Å². The fourth-order valence-electron chi connectivity index (χ4n) is 2.59. The molecule has 0 aliphatic carbocycles. The van der Waals surface area contributed by atoms with E-state index in [1.807, 2.05) is 16.3 Å². The number of carbonyl (C=O) groups is 1. The minimum Gasteiger partial charge on any atom is -0.354 e. The highest BCUT2D eigenvalue weighted by atomic mass is 32.1. The number of thiophene rings is 1. The van der Waals surface area contributed by atoms with Crippen molar-refractivity contribution in [3.63, 3.8) is 0 Å². The van der Waals surface area contributed by atoms with Gasteiger partial charge in [-0.15, -0.1) is 11.3 Å². The molecule has 0 radical (unpaired) electrons. The predicted octanol–water partition coefficient (Wildman–Crippen LogP) is 1.04. The molecule has 0 unspecified atom stereocenters. The molecule has 1 aliphatic heterocycles. The van der Waals surface area contributed by atoms with E-state index >= 15 is 0 Å². The Morgan fingerprint density at radius 2 is 2.19 bits per heavy atom. The van der Waals surface area contributed by atoms with Crippen LogP contribution < -0.4 is 16.2 Å². The van der Waals surface area contributed by atoms with E-state index in [2.05, 4.69) is 20.3 Å². The van der Waals surface area contributed by atoms with Crippen LogP contribution >= 0.6 is 11.3 Å². The second-order valence-electron chi connectivity index (χ2n) is 5.00. The third-order valence-corrected chi connectivity index (χ3v) is 4.48. The van der Waals surface area contributed by atoms with E-state index in [1.165, 1.54) is 0 Å². The van der Waals surface area contributed by atoms with Gasteiger partial charge in [0.05, 0.1) is 5.39 Å². The fourth-order valence-corrected chi connectivity index (χ4v) is 3.35. The number of aromatic nitrogens is 2. The second-order valence-corrected chi connectivity index (χ2v) is 5.90. The zero-order chi connectivity index (χ0) is 14.8. The van der Waals surface area contributed by atoms with Gasteiger partial charge in [-0.3, -0.25) is 10.2 Å². The van der Waals surface area contributed by atoms with Crippen molar-refractivity contribution in [2.24, 2.45) is 5.84 Å². The lowest BCUT2D eigenvalue weighted by atomic mass is 10.3. The number of hydrogen-bond acceptors (Lipinski definition) is 7. The molecule has 1 saturated heterocycles. The van der Waals surface area contributed by atoms with Gasteiger partial charge >= 0.3 is 0 Å². The van der Waals surface area contributed by atoms with Crippen LogP contribution in [0.1, 0.15) is 13.3 Å². The molecule has 8 heteroatoms. The molecule has 0 bridgehead atoms. The number of hydrogen-bond donors (Lipinski definition) is 2. The molecule has 7 nitrogen and oxygen atoms in total. The van der Waals surface area contributed by atoms with Crippen molar-refractivity contribution in [1.29, 1.82) is 0 Å². The minimum absolute atomic E-state index is 0.129. The second kappa shape index (κ2) is 5.82. The summed E-state index contributed by atoms with van der Waals surface area (Å²) >= 11 is 1.57. The van der Waals surface area contributed by atoms with Crippen LogP contribution in [-0.4, -0.2) is 47.0 Å². The van der Waals surface area contributed by atoms with E-state index in [0.29, 0.717) is 5.95 Å². The molecule has 21 heavy (non-hydrogen) atoms. The van der Waals surface area contributed by atoms with Crippen molar-refractivity contribution >= 4 is 39.2 Å². The van der Waals surface area contributed by atoms with Gasteiger partial charge in [-0.1, -0.05) is 0 Å². The summed E-state index contributed by atoms with van der Waals surface area (Å²) in [7, 11) is 0. The minimum atomic E-state index is 0.129. The molecule has 3 N–H and O–H groups in total. The number of nitrogens with one attached hydrogen (secondary N) is 1. The molecule has 0 atom stereocenters. The van der Waals surface area contributed by atoms with Crippen molar-refractivity contribution in [3.8, 4) is 0 Å². The fraction of sp³-hybridized carbons (Fsp3) is 0.462. The van der Waals surface area contributed by atoms with Crippen LogP contribution in [0, 0.1) is 0 Å². The molecule has 3 rings (SSSR count). The third-order valence-electron chi connectivity index (χ3n) is 3.67. The van der Waals surface area contributed by atoms with Crippen LogP contribution in [0.4, 0.5) is 11.8 Å². The lowest BCUT2D eigenvalue weighted by molar-refractivity contribution is -0.128. The van der Waals surface area contributed by atoms with Crippen molar-refractivity contribution in [2.45, 2.75) is 13.3 Å². The number of carbonyl (C=O) groups excluding carboxylic acids is 1. The number of nitrogens with zero attached hydrogens (tertiary/aromatic N) is 4. The van der Waals surface area contributed by atoms with E-state index in [-0.39, 0.29) is 5.91 Å². The van der Waals surface area contributed by atoms with E-state index < -0.39 is 0 Å². The number of amides is 1. The van der Waals surface area contributed by atoms with E-state index in [0.717, 1.165) is 48.6 Å². The normalized spacial score (nSPS) is 16.1. The summed E-state index contributed by atoms with van der Waals surface area (Å²) in [5.41, 5.74) is 2.52. The third kappa shape index (κ3) is 2.77. The summed E-state index contributed by atoms with van der Waals surface area (Å²) in [5.74, 6) is 6.90. The average molecular weight is 306 g/mol. The van der Waals surface area contributed by atoms with Crippen molar-refractivity contribution in [2.75, 3.05) is 36.5 Å². The van der Waals surface area contributed by atoms with Gasteiger partial charge in [0.25, 0.3) is 0 Å². The molecule has 2 aromatic rings. The number of hydrazine groups is 1. The van der Waals surface area contributed by atoms with Gasteiger partial charge in [0.2, 0.25) is 11.9 Å². The molecule has 1 aliphatic rings. The van der Waals surface area contributed by atoms with E-state index in [1.54, 1.807) is 18.3 Å². The quantitative estimate of drug-likeness (QED) is 0.636. The predicted molar refractivity (Wildman–Crippen MR) is 84.3 cm³/mol. The Bertz CT molecular complexity index is 657. The summed E-state index contributed by atoms with van der Waals surface area (Å²) < 4.78 is 0. The maximum Gasteiger partial charge on any atom is 0.240 e. The first kappa shape index (κ1) is 14.0. The van der Waals surface area contributed by atoms with Crippen LogP contribution in [-0.2, 0) is 4.79 Å². The number of nitrogens with two attached hydrogens (primary N) is 1. The molecule has 0 spiro atoms. The van der Waals surface area contributed by atoms with Crippen LogP contribution in [0.15, 0.2) is 11.4 Å². The lowest BCUT2D eigenvalue weighted by Gasteiger charge is -2.23. The smallest absolute Gasteiger partial charge is 0.240 e. The Hall–Kier alpha value is -1.93. The van der Waals surface area contributed by atoms with Crippen LogP contribution in [0.25, 0.3) is 10.2 Å². The Morgan fingerprint density at radius 3 is 2.95 bits per heavy atom.